The van der Waals surface area contributed by atoms with Crippen molar-refractivity contribution in [2.24, 2.45) is 0 Å². The quantitative estimate of drug-likeness (QED) is 0.488. The zero-order chi connectivity index (χ0) is 21.6. The molecule has 158 valence electrons. The predicted octanol–water partition coefficient (Wildman–Crippen LogP) is 4.04. The van der Waals surface area contributed by atoms with Crippen molar-refractivity contribution in [3.8, 4) is 0 Å². The van der Waals surface area contributed by atoms with Gasteiger partial charge in [0.15, 0.2) is 5.76 Å². The average Bonchev–Trinajstić information content (AvgIpc) is 3.16. The van der Waals surface area contributed by atoms with E-state index < -0.39 is 10.0 Å². The number of benzene rings is 3. The van der Waals surface area contributed by atoms with Crippen LogP contribution < -0.4 is 0 Å². The molecule has 1 amide bonds. The minimum Gasteiger partial charge on any atom is -0.450 e. The van der Waals surface area contributed by atoms with Crippen molar-refractivity contribution in [2.45, 2.75) is 11.8 Å². The third kappa shape index (κ3) is 3.30. The molecule has 31 heavy (non-hydrogen) atoms. The molecule has 0 aliphatic carbocycles. The second-order valence-electron chi connectivity index (χ2n) is 7.73. The van der Waals surface area contributed by atoms with E-state index in [2.05, 4.69) is 0 Å². The molecule has 1 aromatic heterocycles. The maximum atomic E-state index is 13.2. The molecule has 0 saturated carbocycles. The number of carbonyl (C=O) groups is 1. The van der Waals surface area contributed by atoms with Crippen molar-refractivity contribution in [1.29, 1.82) is 0 Å². The van der Waals surface area contributed by atoms with E-state index in [1.165, 1.54) is 4.31 Å². The first-order chi connectivity index (χ1) is 15.0. The summed E-state index contributed by atoms with van der Waals surface area (Å²) in [6, 6.07) is 20.3. The van der Waals surface area contributed by atoms with Crippen LogP contribution >= 0.6 is 0 Å². The fourth-order valence-electron chi connectivity index (χ4n) is 4.17. The molecule has 6 nitrogen and oxygen atoms in total. The summed E-state index contributed by atoms with van der Waals surface area (Å²) in [4.78, 5) is 15.2. The van der Waals surface area contributed by atoms with Gasteiger partial charge in [-0.15, -0.1) is 0 Å². The van der Waals surface area contributed by atoms with E-state index in [0.717, 1.165) is 21.7 Å². The normalized spacial score (nSPS) is 15.6. The Hall–Kier alpha value is -3.16. The Labute approximate surface area is 180 Å². The first-order valence-electron chi connectivity index (χ1n) is 10.2. The summed E-state index contributed by atoms with van der Waals surface area (Å²) in [5.41, 5.74) is 1.52. The zero-order valence-corrected chi connectivity index (χ0v) is 17.9. The van der Waals surface area contributed by atoms with Crippen LogP contribution in [0, 0.1) is 6.92 Å². The Kier molecular flexibility index (Phi) is 4.79. The number of rotatable bonds is 3. The van der Waals surface area contributed by atoms with E-state index >= 15 is 0 Å². The lowest BCUT2D eigenvalue weighted by Gasteiger charge is -2.33. The van der Waals surface area contributed by atoms with Crippen LogP contribution in [0.1, 0.15) is 16.1 Å². The van der Waals surface area contributed by atoms with E-state index in [4.69, 9.17) is 4.42 Å². The van der Waals surface area contributed by atoms with Crippen LogP contribution in [-0.4, -0.2) is 49.7 Å². The lowest BCUT2D eigenvalue weighted by Crippen LogP contribution is -2.50. The van der Waals surface area contributed by atoms with E-state index in [9.17, 15) is 13.2 Å². The van der Waals surface area contributed by atoms with Gasteiger partial charge in [-0.05, 0) is 24.4 Å². The lowest BCUT2D eigenvalue weighted by atomic mass is 10.1. The van der Waals surface area contributed by atoms with Gasteiger partial charge in [-0.2, -0.15) is 4.31 Å². The number of aryl methyl sites for hydroxylation is 1. The van der Waals surface area contributed by atoms with E-state index in [-0.39, 0.29) is 23.9 Å². The molecule has 3 aromatic carbocycles. The van der Waals surface area contributed by atoms with E-state index in [1.54, 1.807) is 35.2 Å². The molecule has 1 aliphatic heterocycles. The first-order valence-corrected chi connectivity index (χ1v) is 11.7. The molecule has 1 aliphatic rings. The summed E-state index contributed by atoms with van der Waals surface area (Å²) in [6.45, 7) is 3.05. The van der Waals surface area contributed by atoms with Crippen LogP contribution in [-0.2, 0) is 10.0 Å². The molecular formula is C24H22N2O4S. The Morgan fingerprint density at radius 1 is 0.839 bits per heavy atom. The van der Waals surface area contributed by atoms with Gasteiger partial charge in [0.25, 0.3) is 5.91 Å². The van der Waals surface area contributed by atoms with E-state index in [1.807, 2.05) is 43.3 Å². The van der Waals surface area contributed by atoms with Gasteiger partial charge in [-0.3, -0.25) is 4.79 Å². The van der Waals surface area contributed by atoms with Crippen molar-refractivity contribution in [2.75, 3.05) is 26.2 Å². The molecule has 0 radical (unpaired) electrons. The van der Waals surface area contributed by atoms with Crippen molar-refractivity contribution < 1.29 is 17.6 Å². The van der Waals surface area contributed by atoms with Gasteiger partial charge in [0, 0.05) is 42.5 Å². The molecule has 4 aromatic rings. The van der Waals surface area contributed by atoms with E-state index in [0.29, 0.717) is 24.4 Å². The SMILES string of the molecule is Cc1c(C(=O)N2CCN(S(=O)(=O)c3ccccc3)CC2)oc2c1ccc1ccccc12. The number of piperazine rings is 1. The average molecular weight is 435 g/mol. The highest BCUT2D eigenvalue weighted by molar-refractivity contribution is 7.89. The second-order valence-corrected chi connectivity index (χ2v) is 9.67. The van der Waals surface area contributed by atoms with Crippen molar-refractivity contribution in [3.63, 3.8) is 0 Å². The first kappa shape index (κ1) is 19.8. The topological polar surface area (TPSA) is 70.8 Å². The molecule has 0 atom stereocenters. The molecule has 1 fully saturated rings. The number of nitrogens with zero attached hydrogens (tertiary/aromatic N) is 2. The number of fused-ring (bicyclic) bond motifs is 3. The molecule has 0 bridgehead atoms. The number of amides is 1. The predicted molar refractivity (Wildman–Crippen MR) is 120 cm³/mol. The van der Waals surface area contributed by atoms with Crippen LogP contribution in [0.3, 0.4) is 0 Å². The maximum absolute atomic E-state index is 13.2. The lowest BCUT2D eigenvalue weighted by molar-refractivity contribution is 0.0667. The highest BCUT2D eigenvalue weighted by atomic mass is 32.2. The standard InChI is InChI=1S/C24H22N2O4S/c1-17-20-12-11-18-7-5-6-10-21(18)23(20)30-22(17)24(27)25-13-15-26(16-14-25)31(28,29)19-8-3-2-4-9-19/h2-12H,13-16H2,1H3. The van der Waals surface area contributed by atoms with Crippen molar-refractivity contribution in [1.82, 2.24) is 9.21 Å². The summed E-state index contributed by atoms with van der Waals surface area (Å²) in [6.07, 6.45) is 0. The Bertz CT molecular complexity index is 1390. The minimum absolute atomic E-state index is 0.199. The highest BCUT2D eigenvalue weighted by Gasteiger charge is 2.32. The molecule has 7 heteroatoms. The third-order valence-electron chi connectivity index (χ3n) is 5.93. The monoisotopic (exact) mass is 434 g/mol. The number of furan rings is 1. The molecular weight excluding hydrogens is 412 g/mol. The third-order valence-corrected chi connectivity index (χ3v) is 7.84. The summed E-state index contributed by atoms with van der Waals surface area (Å²) in [7, 11) is -3.56. The van der Waals surface area contributed by atoms with Crippen LogP contribution in [0.25, 0.3) is 21.7 Å². The minimum atomic E-state index is -3.56. The van der Waals surface area contributed by atoms with Gasteiger partial charge in [0.2, 0.25) is 10.0 Å². The van der Waals surface area contributed by atoms with Crippen molar-refractivity contribution >= 4 is 37.7 Å². The zero-order valence-electron chi connectivity index (χ0n) is 17.1. The van der Waals surface area contributed by atoms with Crippen LogP contribution in [0.2, 0.25) is 0 Å². The van der Waals surface area contributed by atoms with Gasteiger partial charge < -0.3 is 9.32 Å². The highest BCUT2D eigenvalue weighted by Crippen LogP contribution is 2.32. The Morgan fingerprint density at radius 3 is 2.26 bits per heavy atom. The summed E-state index contributed by atoms with van der Waals surface area (Å²) in [5.74, 6) is 0.125. The van der Waals surface area contributed by atoms with Gasteiger partial charge in [0.1, 0.15) is 5.58 Å². The maximum Gasteiger partial charge on any atom is 0.289 e. The molecule has 2 heterocycles. The molecule has 0 N–H and O–H groups in total. The summed E-state index contributed by atoms with van der Waals surface area (Å²) in [5, 5.41) is 2.95. The fourth-order valence-corrected chi connectivity index (χ4v) is 5.61. The largest absolute Gasteiger partial charge is 0.450 e. The second kappa shape index (κ2) is 7.51. The summed E-state index contributed by atoms with van der Waals surface area (Å²) < 4.78 is 33.2. The molecule has 5 rings (SSSR count). The number of carbonyl (C=O) groups excluding carboxylic acids is 1. The van der Waals surface area contributed by atoms with Crippen molar-refractivity contribution in [3.05, 3.63) is 78.1 Å². The number of sulfonamides is 1. The molecule has 0 spiro atoms. The number of hydrogen-bond acceptors (Lipinski definition) is 4. The summed E-state index contributed by atoms with van der Waals surface area (Å²) >= 11 is 0. The van der Waals surface area contributed by atoms with Crippen LogP contribution in [0.4, 0.5) is 0 Å². The van der Waals surface area contributed by atoms with Gasteiger partial charge in [0.05, 0.1) is 4.90 Å². The van der Waals surface area contributed by atoms with Crippen LogP contribution in [0.5, 0.6) is 0 Å². The van der Waals surface area contributed by atoms with Gasteiger partial charge >= 0.3 is 0 Å². The molecule has 1 saturated heterocycles. The van der Waals surface area contributed by atoms with Gasteiger partial charge in [-0.25, -0.2) is 8.42 Å². The Morgan fingerprint density at radius 2 is 1.52 bits per heavy atom. The number of hydrogen-bond donors (Lipinski definition) is 0. The van der Waals surface area contributed by atoms with Gasteiger partial charge in [-0.1, -0.05) is 54.6 Å². The fraction of sp³-hybridized carbons (Fsp3) is 0.208. The molecule has 0 unspecified atom stereocenters. The van der Waals surface area contributed by atoms with Crippen LogP contribution in [0.15, 0.2) is 76.0 Å². The smallest absolute Gasteiger partial charge is 0.289 e. The Balaban J connectivity index is 1.39.